The summed E-state index contributed by atoms with van der Waals surface area (Å²) in [4.78, 5) is 25.0. The summed E-state index contributed by atoms with van der Waals surface area (Å²) in [6.07, 6.45) is 0.679. The SMILES string of the molecule is CCC(CC)(NC(=O)N(C)c1ccc(C)cc1)C(=O)O. The predicted molar refractivity (Wildman–Crippen MR) is 79.1 cm³/mol. The number of aliphatic carboxylic acids is 1. The largest absolute Gasteiger partial charge is 0.480 e. The minimum Gasteiger partial charge on any atom is -0.480 e. The number of carbonyl (C=O) groups is 2. The molecule has 0 aliphatic carbocycles. The highest BCUT2D eigenvalue weighted by molar-refractivity contribution is 5.95. The number of hydrogen-bond acceptors (Lipinski definition) is 2. The third-order valence-electron chi connectivity index (χ3n) is 3.69. The Morgan fingerprint density at radius 3 is 2.10 bits per heavy atom. The number of nitrogens with zero attached hydrogens (tertiary/aromatic N) is 1. The number of nitrogens with one attached hydrogen (secondary N) is 1. The second kappa shape index (κ2) is 6.41. The number of carboxylic acid groups (broad SMARTS) is 1. The molecule has 0 atom stereocenters. The van der Waals surface area contributed by atoms with Crippen molar-refractivity contribution in [1.29, 1.82) is 0 Å². The van der Waals surface area contributed by atoms with Gasteiger partial charge in [-0.05, 0) is 31.9 Å². The van der Waals surface area contributed by atoms with E-state index in [0.717, 1.165) is 11.3 Å². The Balaban J connectivity index is 2.89. The van der Waals surface area contributed by atoms with Crippen LogP contribution < -0.4 is 10.2 Å². The maximum Gasteiger partial charge on any atom is 0.329 e. The lowest BCUT2D eigenvalue weighted by molar-refractivity contribution is -0.144. The molecule has 1 aromatic rings. The summed E-state index contributed by atoms with van der Waals surface area (Å²) in [5.74, 6) is -1.01. The zero-order chi connectivity index (χ0) is 15.3. The fraction of sp³-hybridized carbons (Fsp3) is 0.467. The number of carboxylic acids is 1. The summed E-state index contributed by atoms with van der Waals surface area (Å²) in [5.41, 5.74) is 0.611. The van der Waals surface area contributed by atoms with Crippen molar-refractivity contribution >= 4 is 17.7 Å². The Morgan fingerprint density at radius 2 is 1.70 bits per heavy atom. The van der Waals surface area contributed by atoms with Crippen molar-refractivity contribution < 1.29 is 14.7 Å². The van der Waals surface area contributed by atoms with Crippen molar-refractivity contribution in [2.24, 2.45) is 0 Å². The van der Waals surface area contributed by atoms with Crippen molar-refractivity contribution in [2.75, 3.05) is 11.9 Å². The lowest BCUT2D eigenvalue weighted by Crippen LogP contribution is -2.56. The van der Waals surface area contributed by atoms with Crippen molar-refractivity contribution in [3.8, 4) is 0 Å². The van der Waals surface area contributed by atoms with E-state index in [9.17, 15) is 14.7 Å². The molecule has 0 aromatic heterocycles. The van der Waals surface area contributed by atoms with E-state index >= 15 is 0 Å². The molecule has 1 aromatic carbocycles. The van der Waals surface area contributed by atoms with Crippen LogP contribution in [0.5, 0.6) is 0 Å². The van der Waals surface area contributed by atoms with E-state index in [1.54, 1.807) is 20.9 Å². The van der Waals surface area contributed by atoms with Gasteiger partial charge in [-0.25, -0.2) is 9.59 Å². The van der Waals surface area contributed by atoms with Crippen LogP contribution in [0.4, 0.5) is 10.5 Å². The molecule has 0 unspecified atom stereocenters. The summed E-state index contributed by atoms with van der Waals surface area (Å²) in [6, 6.07) is 7.05. The number of hydrogen-bond donors (Lipinski definition) is 2. The van der Waals surface area contributed by atoms with Crippen LogP contribution >= 0.6 is 0 Å². The zero-order valence-corrected chi connectivity index (χ0v) is 12.4. The summed E-state index contributed by atoms with van der Waals surface area (Å²) in [7, 11) is 1.62. The van der Waals surface area contributed by atoms with Gasteiger partial charge in [-0.15, -0.1) is 0 Å². The molecule has 20 heavy (non-hydrogen) atoms. The molecule has 0 aliphatic rings. The Labute approximate surface area is 119 Å². The first-order chi connectivity index (χ1) is 9.36. The van der Waals surface area contributed by atoms with Gasteiger partial charge in [0.1, 0.15) is 5.54 Å². The van der Waals surface area contributed by atoms with Crippen LogP contribution in [0.15, 0.2) is 24.3 Å². The van der Waals surface area contributed by atoms with Crippen LogP contribution in [0.2, 0.25) is 0 Å². The van der Waals surface area contributed by atoms with E-state index in [1.807, 2.05) is 31.2 Å². The van der Waals surface area contributed by atoms with E-state index < -0.39 is 17.5 Å². The molecule has 0 heterocycles. The highest BCUT2D eigenvalue weighted by Gasteiger charge is 2.37. The quantitative estimate of drug-likeness (QED) is 0.870. The second-order valence-corrected chi connectivity index (χ2v) is 4.92. The van der Waals surface area contributed by atoms with Gasteiger partial charge in [-0.2, -0.15) is 0 Å². The third kappa shape index (κ3) is 3.29. The Morgan fingerprint density at radius 1 is 1.20 bits per heavy atom. The molecule has 0 saturated heterocycles. The summed E-state index contributed by atoms with van der Waals surface area (Å²) in [6.45, 7) is 5.47. The maximum atomic E-state index is 12.2. The molecule has 0 saturated carbocycles. The maximum absolute atomic E-state index is 12.2. The molecule has 110 valence electrons. The molecule has 2 amide bonds. The second-order valence-electron chi connectivity index (χ2n) is 4.92. The molecular weight excluding hydrogens is 256 g/mol. The van der Waals surface area contributed by atoms with Gasteiger partial charge in [-0.3, -0.25) is 4.90 Å². The first-order valence-electron chi connectivity index (χ1n) is 6.72. The van der Waals surface area contributed by atoms with Crippen molar-refractivity contribution in [3.05, 3.63) is 29.8 Å². The van der Waals surface area contributed by atoms with Gasteiger partial charge in [0.05, 0.1) is 0 Å². The molecule has 0 radical (unpaired) electrons. The van der Waals surface area contributed by atoms with Crippen LogP contribution in [-0.2, 0) is 4.79 Å². The standard InChI is InChI=1S/C15H22N2O3/c1-5-15(6-2,13(18)19)16-14(20)17(4)12-9-7-11(3)8-10-12/h7-10H,5-6H2,1-4H3,(H,16,20)(H,18,19). The Kier molecular flexibility index (Phi) is 5.13. The lowest BCUT2D eigenvalue weighted by Gasteiger charge is -2.30. The average Bonchev–Trinajstić information content (AvgIpc) is 2.44. The van der Waals surface area contributed by atoms with Crippen LogP contribution in [0.1, 0.15) is 32.3 Å². The molecule has 0 spiro atoms. The minimum absolute atomic E-state index is 0.340. The minimum atomic E-state index is -1.21. The number of benzene rings is 1. The van der Waals surface area contributed by atoms with Gasteiger partial charge in [0.15, 0.2) is 0 Å². The number of amides is 2. The summed E-state index contributed by atoms with van der Waals surface area (Å²) >= 11 is 0. The monoisotopic (exact) mass is 278 g/mol. The van der Waals surface area contributed by atoms with E-state index in [-0.39, 0.29) is 0 Å². The van der Waals surface area contributed by atoms with Gasteiger partial charge >= 0.3 is 12.0 Å². The highest BCUT2D eigenvalue weighted by atomic mass is 16.4. The van der Waals surface area contributed by atoms with Crippen molar-refractivity contribution in [2.45, 2.75) is 39.2 Å². The molecule has 5 heteroatoms. The predicted octanol–water partition coefficient (Wildman–Crippen LogP) is 2.78. The number of urea groups is 1. The molecular formula is C15H22N2O3. The average molecular weight is 278 g/mol. The molecule has 0 bridgehead atoms. The first kappa shape index (κ1) is 16.0. The summed E-state index contributed by atoms with van der Waals surface area (Å²) < 4.78 is 0. The van der Waals surface area contributed by atoms with Gasteiger partial charge in [0, 0.05) is 12.7 Å². The molecule has 0 fully saturated rings. The van der Waals surface area contributed by atoms with E-state index in [4.69, 9.17) is 0 Å². The number of rotatable bonds is 5. The first-order valence-corrected chi connectivity index (χ1v) is 6.72. The van der Waals surface area contributed by atoms with Crippen LogP contribution in [0, 0.1) is 6.92 Å². The Hall–Kier alpha value is -2.04. The van der Waals surface area contributed by atoms with Crippen LogP contribution in [-0.4, -0.2) is 29.7 Å². The Bertz CT molecular complexity index is 478. The van der Waals surface area contributed by atoms with Gasteiger partial charge in [-0.1, -0.05) is 31.5 Å². The molecule has 5 nitrogen and oxygen atoms in total. The fourth-order valence-corrected chi connectivity index (χ4v) is 1.96. The normalized spacial score (nSPS) is 11.0. The summed E-state index contributed by atoms with van der Waals surface area (Å²) in [5, 5.41) is 12.0. The highest BCUT2D eigenvalue weighted by Crippen LogP contribution is 2.18. The van der Waals surface area contributed by atoms with Crippen molar-refractivity contribution in [1.82, 2.24) is 5.32 Å². The lowest BCUT2D eigenvalue weighted by atomic mass is 9.93. The number of carbonyl (C=O) groups excluding carboxylic acids is 1. The smallest absolute Gasteiger partial charge is 0.329 e. The van der Waals surface area contributed by atoms with E-state index in [1.165, 1.54) is 4.90 Å². The van der Waals surface area contributed by atoms with E-state index in [2.05, 4.69) is 5.32 Å². The zero-order valence-electron chi connectivity index (χ0n) is 12.4. The number of anilines is 1. The van der Waals surface area contributed by atoms with Crippen LogP contribution in [0.25, 0.3) is 0 Å². The van der Waals surface area contributed by atoms with E-state index in [0.29, 0.717) is 12.8 Å². The van der Waals surface area contributed by atoms with Gasteiger partial charge < -0.3 is 10.4 Å². The fourth-order valence-electron chi connectivity index (χ4n) is 1.96. The third-order valence-corrected chi connectivity index (χ3v) is 3.69. The van der Waals surface area contributed by atoms with Gasteiger partial charge in [0.25, 0.3) is 0 Å². The van der Waals surface area contributed by atoms with Gasteiger partial charge in [0.2, 0.25) is 0 Å². The number of aryl methyl sites for hydroxylation is 1. The topological polar surface area (TPSA) is 69.6 Å². The molecule has 2 N–H and O–H groups in total. The molecule has 0 aliphatic heterocycles. The molecule has 1 rings (SSSR count). The van der Waals surface area contributed by atoms with Crippen LogP contribution in [0.3, 0.4) is 0 Å². The van der Waals surface area contributed by atoms with Crippen molar-refractivity contribution in [3.63, 3.8) is 0 Å².